The molecule has 0 amide bonds. The first kappa shape index (κ1) is 15.9. The molecule has 0 bridgehead atoms. The van der Waals surface area contributed by atoms with Gasteiger partial charge in [-0.05, 0) is 29.8 Å². The Morgan fingerprint density at radius 3 is 2.45 bits per heavy atom. The summed E-state index contributed by atoms with van der Waals surface area (Å²) in [5, 5.41) is 10.6. The SMILES string of the molecule is COc1cccc(CNS(=O)(=O)c2ccc([N+](=O)[O-])cc2)c1. The predicted molar refractivity (Wildman–Crippen MR) is 80.1 cm³/mol. The summed E-state index contributed by atoms with van der Waals surface area (Å²) in [7, 11) is -2.21. The van der Waals surface area contributed by atoms with Gasteiger partial charge in [0.25, 0.3) is 5.69 Å². The largest absolute Gasteiger partial charge is 0.497 e. The van der Waals surface area contributed by atoms with Gasteiger partial charge in [-0.2, -0.15) is 0 Å². The number of ether oxygens (including phenoxy) is 1. The first-order valence-electron chi connectivity index (χ1n) is 6.29. The lowest BCUT2D eigenvalue weighted by molar-refractivity contribution is -0.384. The van der Waals surface area contributed by atoms with Crippen LogP contribution in [-0.2, 0) is 16.6 Å². The molecular formula is C14H14N2O5S. The summed E-state index contributed by atoms with van der Waals surface area (Å²) in [6.07, 6.45) is 0. The molecule has 0 heterocycles. The van der Waals surface area contributed by atoms with Gasteiger partial charge in [-0.1, -0.05) is 12.1 Å². The van der Waals surface area contributed by atoms with E-state index in [-0.39, 0.29) is 17.1 Å². The van der Waals surface area contributed by atoms with Crippen molar-refractivity contribution in [3.63, 3.8) is 0 Å². The molecule has 2 rings (SSSR count). The Kier molecular flexibility index (Phi) is 4.74. The number of sulfonamides is 1. The van der Waals surface area contributed by atoms with Crippen molar-refractivity contribution >= 4 is 15.7 Å². The van der Waals surface area contributed by atoms with E-state index in [1.807, 2.05) is 0 Å². The molecule has 0 saturated carbocycles. The van der Waals surface area contributed by atoms with Crippen LogP contribution in [0.1, 0.15) is 5.56 Å². The van der Waals surface area contributed by atoms with Gasteiger partial charge in [-0.3, -0.25) is 10.1 Å². The zero-order valence-corrected chi connectivity index (χ0v) is 12.5. The number of rotatable bonds is 6. The maximum Gasteiger partial charge on any atom is 0.269 e. The normalized spacial score (nSPS) is 11.1. The minimum atomic E-state index is -3.73. The first-order chi connectivity index (χ1) is 10.4. The maximum atomic E-state index is 12.1. The molecule has 0 saturated heterocycles. The fraction of sp³-hybridized carbons (Fsp3) is 0.143. The molecule has 0 spiro atoms. The molecule has 2 aromatic carbocycles. The van der Waals surface area contributed by atoms with Crippen LogP contribution in [0.5, 0.6) is 5.75 Å². The van der Waals surface area contributed by atoms with Gasteiger partial charge in [-0.25, -0.2) is 13.1 Å². The lowest BCUT2D eigenvalue weighted by Gasteiger charge is -2.08. The second kappa shape index (κ2) is 6.54. The molecule has 0 aliphatic heterocycles. The standard InChI is InChI=1S/C14H14N2O5S/c1-21-13-4-2-3-11(9-13)10-15-22(19,20)14-7-5-12(6-8-14)16(17)18/h2-9,15H,10H2,1H3. The average Bonchev–Trinajstić information content (AvgIpc) is 2.53. The fourth-order valence-electron chi connectivity index (χ4n) is 1.79. The Bertz CT molecular complexity index is 772. The van der Waals surface area contributed by atoms with E-state index in [4.69, 9.17) is 4.74 Å². The van der Waals surface area contributed by atoms with Crippen molar-refractivity contribution in [3.05, 3.63) is 64.2 Å². The smallest absolute Gasteiger partial charge is 0.269 e. The van der Waals surface area contributed by atoms with Crippen LogP contribution in [0.25, 0.3) is 0 Å². The lowest BCUT2D eigenvalue weighted by atomic mass is 10.2. The Morgan fingerprint density at radius 1 is 1.18 bits per heavy atom. The average molecular weight is 322 g/mol. The zero-order valence-electron chi connectivity index (χ0n) is 11.7. The molecule has 8 heteroatoms. The van der Waals surface area contributed by atoms with Crippen LogP contribution in [0.2, 0.25) is 0 Å². The Balaban J connectivity index is 2.11. The molecule has 0 unspecified atom stereocenters. The molecule has 0 aliphatic rings. The van der Waals surface area contributed by atoms with E-state index in [9.17, 15) is 18.5 Å². The third-order valence-corrected chi connectivity index (χ3v) is 4.38. The fourth-order valence-corrected chi connectivity index (χ4v) is 2.81. The van der Waals surface area contributed by atoms with Crippen LogP contribution in [0, 0.1) is 10.1 Å². The molecule has 1 N–H and O–H groups in total. The molecule has 116 valence electrons. The Morgan fingerprint density at radius 2 is 1.86 bits per heavy atom. The summed E-state index contributed by atoms with van der Waals surface area (Å²) in [5.41, 5.74) is 0.580. The van der Waals surface area contributed by atoms with Gasteiger partial charge >= 0.3 is 0 Å². The lowest BCUT2D eigenvalue weighted by Crippen LogP contribution is -2.23. The molecule has 7 nitrogen and oxygen atoms in total. The van der Waals surface area contributed by atoms with Gasteiger partial charge in [0.15, 0.2) is 0 Å². The number of nitro groups is 1. The second-order valence-corrected chi connectivity index (χ2v) is 6.19. The summed E-state index contributed by atoms with van der Waals surface area (Å²) in [6, 6.07) is 11.7. The quantitative estimate of drug-likeness (QED) is 0.648. The molecular weight excluding hydrogens is 308 g/mol. The highest BCUT2D eigenvalue weighted by Gasteiger charge is 2.15. The molecule has 2 aromatic rings. The molecule has 0 radical (unpaired) electrons. The van der Waals surface area contributed by atoms with Gasteiger partial charge in [0.2, 0.25) is 10.0 Å². The zero-order chi connectivity index (χ0) is 16.2. The number of nitrogens with zero attached hydrogens (tertiary/aromatic N) is 1. The van der Waals surface area contributed by atoms with Crippen LogP contribution in [0.4, 0.5) is 5.69 Å². The summed E-state index contributed by atoms with van der Waals surface area (Å²) in [5.74, 6) is 0.632. The molecule has 0 aliphatic carbocycles. The first-order valence-corrected chi connectivity index (χ1v) is 7.78. The third kappa shape index (κ3) is 3.80. The van der Waals surface area contributed by atoms with E-state index < -0.39 is 14.9 Å². The summed E-state index contributed by atoms with van der Waals surface area (Å²) in [4.78, 5) is 9.95. The van der Waals surface area contributed by atoms with Gasteiger partial charge < -0.3 is 4.74 Å². The van der Waals surface area contributed by atoms with E-state index in [1.165, 1.54) is 19.2 Å². The summed E-state index contributed by atoms with van der Waals surface area (Å²) >= 11 is 0. The number of nitrogens with one attached hydrogen (secondary N) is 1. The van der Waals surface area contributed by atoms with Crippen LogP contribution in [-0.4, -0.2) is 20.5 Å². The van der Waals surface area contributed by atoms with Crippen molar-refractivity contribution in [3.8, 4) is 5.75 Å². The van der Waals surface area contributed by atoms with E-state index in [2.05, 4.69) is 4.72 Å². The van der Waals surface area contributed by atoms with Gasteiger partial charge in [0.1, 0.15) is 5.75 Å². The van der Waals surface area contributed by atoms with Crippen LogP contribution >= 0.6 is 0 Å². The maximum absolute atomic E-state index is 12.1. The van der Waals surface area contributed by atoms with Gasteiger partial charge in [0.05, 0.1) is 16.9 Å². The second-order valence-electron chi connectivity index (χ2n) is 4.43. The highest BCUT2D eigenvalue weighted by Crippen LogP contribution is 2.17. The van der Waals surface area contributed by atoms with E-state index in [1.54, 1.807) is 24.3 Å². The van der Waals surface area contributed by atoms with Gasteiger partial charge in [0, 0.05) is 18.7 Å². The van der Waals surface area contributed by atoms with Crippen molar-refractivity contribution in [1.29, 1.82) is 0 Å². The molecule has 0 atom stereocenters. The van der Waals surface area contributed by atoms with Crippen molar-refractivity contribution < 1.29 is 18.1 Å². The Labute approximate surface area is 127 Å². The molecule has 22 heavy (non-hydrogen) atoms. The van der Waals surface area contributed by atoms with Crippen molar-refractivity contribution in [2.45, 2.75) is 11.4 Å². The van der Waals surface area contributed by atoms with E-state index in [0.717, 1.165) is 17.7 Å². The van der Waals surface area contributed by atoms with Gasteiger partial charge in [-0.15, -0.1) is 0 Å². The molecule has 0 aromatic heterocycles. The van der Waals surface area contributed by atoms with E-state index in [0.29, 0.717) is 5.75 Å². The van der Waals surface area contributed by atoms with Crippen LogP contribution in [0.15, 0.2) is 53.4 Å². The monoisotopic (exact) mass is 322 g/mol. The van der Waals surface area contributed by atoms with Crippen LogP contribution < -0.4 is 9.46 Å². The highest BCUT2D eigenvalue weighted by atomic mass is 32.2. The Hall–Kier alpha value is -2.45. The topological polar surface area (TPSA) is 98.5 Å². The van der Waals surface area contributed by atoms with E-state index >= 15 is 0 Å². The molecule has 0 fully saturated rings. The number of methoxy groups -OCH3 is 1. The summed E-state index contributed by atoms with van der Waals surface area (Å²) in [6.45, 7) is 0.0938. The number of hydrogen-bond donors (Lipinski definition) is 1. The van der Waals surface area contributed by atoms with Crippen molar-refractivity contribution in [1.82, 2.24) is 4.72 Å². The summed E-state index contributed by atoms with van der Waals surface area (Å²) < 4.78 is 31.8. The minimum absolute atomic E-state index is 0.0269. The predicted octanol–water partition coefficient (Wildman–Crippen LogP) is 2.08. The number of hydrogen-bond acceptors (Lipinski definition) is 5. The minimum Gasteiger partial charge on any atom is -0.497 e. The number of nitro benzene ring substituents is 1. The van der Waals surface area contributed by atoms with Crippen molar-refractivity contribution in [2.24, 2.45) is 0 Å². The van der Waals surface area contributed by atoms with Crippen molar-refractivity contribution in [2.75, 3.05) is 7.11 Å². The number of non-ortho nitro benzene ring substituents is 1. The highest BCUT2D eigenvalue weighted by molar-refractivity contribution is 7.89. The third-order valence-electron chi connectivity index (χ3n) is 2.96. The number of benzene rings is 2. The van der Waals surface area contributed by atoms with Crippen LogP contribution in [0.3, 0.4) is 0 Å².